The molecule has 2 aromatic carbocycles. The number of fused-ring (bicyclic) bond motifs is 2. The van der Waals surface area contributed by atoms with Gasteiger partial charge in [0.15, 0.2) is 0 Å². The number of carbonyl (C=O) groups excluding carboxylic acids is 4. The molecule has 4 aliphatic rings. The molecule has 2 atom stereocenters. The van der Waals surface area contributed by atoms with Crippen molar-refractivity contribution in [3.8, 4) is 17.3 Å². The van der Waals surface area contributed by atoms with Crippen LogP contribution in [0, 0.1) is 17.2 Å². The van der Waals surface area contributed by atoms with Crippen molar-refractivity contribution in [2.24, 2.45) is 5.92 Å². The van der Waals surface area contributed by atoms with Crippen LogP contribution in [0.4, 0.5) is 17.3 Å². The van der Waals surface area contributed by atoms with E-state index in [-0.39, 0.29) is 24.4 Å². The van der Waals surface area contributed by atoms with Crippen LogP contribution in [0.25, 0.3) is 22.3 Å². The Labute approximate surface area is 347 Å². The number of piperidine rings is 2. The molecule has 308 valence electrons. The Hall–Kier alpha value is -6.40. The van der Waals surface area contributed by atoms with Gasteiger partial charge in [-0.05, 0) is 112 Å². The molecule has 3 aliphatic heterocycles. The summed E-state index contributed by atoms with van der Waals surface area (Å²) < 4.78 is 1.97. The summed E-state index contributed by atoms with van der Waals surface area (Å²) in [5.74, 6) is -0.542. The number of anilines is 3. The molecule has 2 unspecified atom stereocenters. The fraction of sp³-hybridized carbons (Fsp3) is 0.422. The highest BCUT2D eigenvalue weighted by Crippen LogP contribution is 2.38. The Bertz CT molecular complexity index is 2450. The van der Waals surface area contributed by atoms with E-state index in [9.17, 15) is 24.4 Å². The minimum Gasteiger partial charge on any atom is -0.384 e. The van der Waals surface area contributed by atoms with Crippen molar-refractivity contribution in [2.45, 2.75) is 88.6 Å². The Morgan fingerprint density at radius 2 is 1.73 bits per heavy atom. The van der Waals surface area contributed by atoms with Gasteiger partial charge in [-0.3, -0.25) is 34.1 Å². The number of aromatic amines is 1. The molecule has 9 rings (SSSR count). The number of amides is 4. The number of benzene rings is 2. The number of hydrogen-bond acceptors (Lipinski definition) is 11. The summed E-state index contributed by atoms with van der Waals surface area (Å²) in [6.07, 6.45) is 15.2. The molecule has 3 aromatic heterocycles. The van der Waals surface area contributed by atoms with Crippen LogP contribution >= 0.6 is 0 Å². The molecule has 4 amide bonds. The molecule has 0 bridgehead atoms. The van der Waals surface area contributed by atoms with Gasteiger partial charge in [0.2, 0.25) is 17.8 Å². The maximum Gasteiger partial charge on any atom is 0.264 e. The first-order valence-electron chi connectivity index (χ1n) is 21.3. The van der Waals surface area contributed by atoms with Crippen molar-refractivity contribution < 1.29 is 19.2 Å². The number of aromatic nitrogens is 5. The summed E-state index contributed by atoms with van der Waals surface area (Å²) in [6.45, 7) is 3.68. The van der Waals surface area contributed by atoms with Crippen LogP contribution in [0.3, 0.4) is 0 Å². The molecule has 15 nitrogen and oxygen atoms in total. The maximum absolute atomic E-state index is 13.4. The molecule has 15 heteroatoms. The van der Waals surface area contributed by atoms with E-state index in [0.29, 0.717) is 42.0 Å². The molecular weight excluding hydrogens is 759 g/mol. The number of unbranched alkanes of at least 4 members (excludes halogenated alkanes) is 1. The summed E-state index contributed by atoms with van der Waals surface area (Å²) in [7, 11) is 0. The smallest absolute Gasteiger partial charge is 0.264 e. The van der Waals surface area contributed by atoms with Crippen molar-refractivity contribution in [1.82, 2.24) is 39.8 Å². The van der Waals surface area contributed by atoms with Gasteiger partial charge >= 0.3 is 0 Å². The SMILES string of the molecule is N#CCC(C1CCCC1)n1cc(-c2nc(Nc3ccc(C4CCN(CCCCNc5cccc6c5C(=O)N(C5CCC(=O)NC5=O)C6=O)CC4)cc3)nc3[nH]ccc23)cn1. The molecule has 3 fully saturated rings. The molecule has 6 heterocycles. The van der Waals surface area contributed by atoms with Gasteiger partial charge in [0.1, 0.15) is 11.7 Å². The molecule has 1 saturated carbocycles. The van der Waals surface area contributed by atoms with Crippen molar-refractivity contribution >= 4 is 52.0 Å². The lowest BCUT2D eigenvalue weighted by Gasteiger charge is -2.32. The van der Waals surface area contributed by atoms with Gasteiger partial charge in [-0.1, -0.05) is 31.0 Å². The first-order valence-corrected chi connectivity index (χ1v) is 21.3. The zero-order valence-electron chi connectivity index (χ0n) is 33.5. The third-order valence-electron chi connectivity index (χ3n) is 12.8. The number of rotatable bonds is 14. The second kappa shape index (κ2) is 17.1. The fourth-order valence-electron chi connectivity index (χ4n) is 9.57. The lowest BCUT2D eigenvalue weighted by atomic mass is 9.89. The van der Waals surface area contributed by atoms with Gasteiger partial charge in [-0.15, -0.1) is 0 Å². The van der Waals surface area contributed by atoms with Crippen LogP contribution in [-0.4, -0.2) is 90.4 Å². The second-order valence-electron chi connectivity index (χ2n) is 16.5. The van der Waals surface area contributed by atoms with E-state index in [4.69, 9.17) is 15.1 Å². The van der Waals surface area contributed by atoms with Gasteiger partial charge in [0.05, 0.1) is 41.5 Å². The van der Waals surface area contributed by atoms with E-state index in [1.165, 1.54) is 18.4 Å². The van der Waals surface area contributed by atoms with E-state index in [1.54, 1.807) is 18.2 Å². The van der Waals surface area contributed by atoms with Crippen LogP contribution < -0.4 is 16.0 Å². The van der Waals surface area contributed by atoms with E-state index in [2.05, 4.69) is 56.2 Å². The van der Waals surface area contributed by atoms with E-state index in [0.717, 1.165) is 91.0 Å². The van der Waals surface area contributed by atoms with E-state index >= 15 is 0 Å². The number of H-pyrrole nitrogens is 1. The standard InChI is InChI=1S/C45H49N11O4/c46-20-16-36(30-6-1-2-7-30)55-27-31(26-49-55)40-34-17-22-48-41(34)53-45(52-40)50-32-12-10-28(11-13-32)29-18-24-54(25-19-29)23-4-3-21-47-35-9-5-8-33-39(35)44(60)56(43(33)59)37-14-15-38(57)51-42(37)58/h5,8-13,17,22,26-27,29-30,36-37,47H,1-4,6-7,14-16,18-19,21,23-25H2,(H,51,57,58)(H2,48,50,52,53). The molecule has 1 aliphatic carbocycles. The lowest BCUT2D eigenvalue weighted by molar-refractivity contribution is -0.136. The quantitative estimate of drug-likeness (QED) is 0.0691. The minimum atomic E-state index is -0.982. The summed E-state index contributed by atoms with van der Waals surface area (Å²) in [4.78, 5) is 67.1. The third kappa shape index (κ3) is 7.87. The summed E-state index contributed by atoms with van der Waals surface area (Å²) >= 11 is 0. The number of nitriles is 1. The Kier molecular flexibility index (Phi) is 11.1. The Balaban J connectivity index is 0.751. The Morgan fingerprint density at radius 1 is 0.917 bits per heavy atom. The summed E-state index contributed by atoms with van der Waals surface area (Å²) in [5, 5.41) is 24.2. The molecular formula is C45H49N11O4. The highest BCUT2D eigenvalue weighted by molar-refractivity contribution is 6.25. The zero-order chi connectivity index (χ0) is 41.2. The number of likely N-dealkylation sites (tertiary alicyclic amines) is 1. The highest BCUT2D eigenvalue weighted by atomic mass is 16.2. The van der Waals surface area contributed by atoms with Crippen molar-refractivity contribution in [1.29, 1.82) is 5.26 Å². The van der Waals surface area contributed by atoms with Gasteiger partial charge in [0.25, 0.3) is 11.8 Å². The van der Waals surface area contributed by atoms with Gasteiger partial charge in [0, 0.05) is 47.7 Å². The summed E-state index contributed by atoms with van der Waals surface area (Å²) in [5.41, 5.74) is 5.84. The number of hydrogen-bond donors (Lipinski definition) is 4. The molecule has 0 spiro atoms. The molecule has 4 N–H and O–H groups in total. The Morgan fingerprint density at radius 3 is 2.52 bits per heavy atom. The predicted molar refractivity (Wildman–Crippen MR) is 225 cm³/mol. The number of imide groups is 2. The summed E-state index contributed by atoms with van der Waals surface area (Å²) in [6, 6.07) is 17.2. The van der Waals surface area contributed by atoms with Gasteiger partial charge in [-0.25, -0.2) is 4.98 Å². The lowest BCUT2D eigenvalue weighted by Crippen LogP contribution is -2.54. The number of nitrogens with zero attached hydrogens (tertiary/aromatic N) is 7. The molecule has 2 saturated heterocycles. The largest absolute Gasteiger partial charge is 0.384 e. The average molecular weight is 808 g/mol. The zero-order valence-corrected chi connectivity index (χ0v) is 33.5. The van der Waals surface area contributed by atoms with Gasteiger partial charge in [-0.2, -0.15) is 15.3 Å². The van der Waals surface area contributed by atoms with Crippen LogP contribution in [0.15, 0.2) is 67.1 Å². The van der Waals surface area contributed by atoms with Crippen LogP contribution in [-0.2, 0) is 9.59 Å². The predicted octanol–water partition coefficient (Wildman–Crippen LogP) is 6.68. The average Bonchev–Trinajstić information content (AvgIpc) is 4.10. The molecule has 0 radical (unpaired) electrons. The minimum absolute atomic E-state index is 0.0726. The first-order chi connectivity index (χ1) is 29.3. The van der Waals surface area contributed by atoms with E-state index < -0.39 is 29.7 Å². The molecule has 60 heavy (non-hydrogen) atoms. The van der Waals surface area contributed by atoms with Crippen LogP contribution in [0.2, 0.25) is 0 Å². The number of carbonyl (C=O) groups is 4. The van der Waals surface area contributed by atoms with Crippen molar-refractivity contribution in [2.75, 3.05) is 36.8 Å². The second-order valence-corrected chi connectivity index (χ2v) is 16.5. The first kappa shape index (κ1) is 39.1. The van der Waals surface area contributed by atoms with Crippen molar-refractivity contribution in [3.05, 3.63) is 83.8 Å². The van der Waals surface area contributed by atoms with Crippen molar-refractivity contribution in [3.63, 3.8) is 0 Å². The third-order valence-corrected chi connectivity index (χ3v) is 12.8. The maximum atomic E-state index is 13.4. The highest BCUT2D eigenvalue weighted by Gasteiger charge is 2.45. The number of nitrogens with one attached hydrogen (secondary N) is 4. The topological polar surface area (TPSA) is 194 Å². The monoisotopic (exact) mass is 807 g/mol. The van der Waals surface area contributed by atoms with Crippen LogP contribution in [0.1, 0.15) is 109 Å². The molecule has 5 aromatic rings. The van der Waals surface area contributed by atoms with E-state index in [1.807, 2.05) is 29.3 Å². The fourth-order valence-corrected chi connectivity index (χ4v) is 9.57. The van der Waals surface area contributed by atoms with Gasteiger partial charge < -0.3 is 20.5 Å². The normalized spacial score (nSPS) is 19.4. The van der Waals surface area contributed by atoms with Crippen LogP contribution in [0.5, 0.6) is 0 Å².